The first-order chi connectivity index (χ1) is 7.70. The van der Waals surface area contributed by atoms with Gasteiger partial charge in [0.05, 0.1) is 5.69 Å². The van der Waals surface area contributed by atoms with Crippen LogP contribution in [0.25, 0.3) is 11.1 Å². The van der Waals surface area contributed by atoms with Gasteiger partial charge in [-0.3, -0.25) is 0 Å². The lowest BCUT2D eigenvalue weighted by Gasteiger charge is -2.03. The van der Waals surface area contributed by atoms with E-state index in [1.165, 1.54) is 0 Å². The molecule has 0 spiro atoms. The van der Waals surface area contributed by atoms with Crippen molar-refractivity contribution < 1.29 is 0 Å². The first-order valence-corrected chi connectivity index (χ1v) is 4.58. The van der Waals surface area contributed by atoms with E-state index in [1.54, 1.807) is 24.5 Å². The first-order valence-electron chi connectivity index (χ1n) is 4.58. The van der Waals surface area contributed by atoms with Crippen LogP contribution in [0, 0.1) is 11.3 Å². The fourth-order valence-corrected chi connectivity index (χ4v) is 1.31. The van der Waals surface area contributed by atoms with Gasteiger partial charge in [0.2, 0.25) is 0 Å². The highest BCUT2D eigenvalue weighted by Gasteiger charge is 2.03. The second-order valence-electron chi connectivity index (χ2n) is 3.25. The number of nitrogen functional groups attached to an aromatic ring is 2. The highest BCUT2D eigenvalue weighted by atomic mass is 14.8. The minimum absolute atomic E-state index is 0.229. The van der Waals surface area contributed by atoms with Crippen LogP contribution < -0.4 is 11.5 Å². The topological polar surface area (TPSA) is 102 Å². The van der Waals surface area contributed by atoms with Crippen molar-refractivity contribution in [2.24, 2.45) is 0 Å². The zero-order valence-electron chi connectivity index (χ0n) is 8.38. The van der Waals surface area contributed by atoms with E-state index in [4.69, 9.17) is 16.7 Å². The Bertz CT molecular complexity index is 554. The molecule has 0 aromatic carbocycles. The normalized spacial score (nSPS) is 9.69. The molecule has 0 aliphatic heterocycles. The van der Waals surface area contributed by atoms with E-state index >= 15 is 0 Å². The van der Waals surface area contributed by atoms with Crippen LogP contribution in [0.15, 0.2) is 30.6 Å². The zero-order chi connectivity index (χ0) is 11.5. The number of hydrogen-bond donors (Lipinski definition) is 2. The third-order valence-corrected chi connectivity index (χ3v) is 2.14. The van der Waals surface area contributed by atoms with Crippen LogP contribution in [0.5, 0.6) is 0 Å². The van der Waals surface area contributed by atoms with Crippen molar-refractivity contribution in [3.05, 3.63) is 36.3 Å². The molecule has 0 fully saturated rings. The van der Waals surface area contributed by atoms with Crippen molar-refractivity contribution in [3.8, 4) is 17.2 Å². The smallest absolute Gasteiger partial charge is 0.163 e. The van der Waals surface area contributed by atoms with E-state index in [2.05, 4.69) is 9.97 Å². The van der Waals surface area contributed by atoms with Gasteiger partial charge in [0.25, 0.3) is 0 Å². The molecule has 2 aromatic heterocycles. The summed E-state index contributed by atoms with van der Waals surface area (Å²) in [4.78, 5) is 7.92. The molecule has 0 aliphatic rings. The summed E-state index contributed by atoms with van der Waals surface area (Å²) in [5.41, 5.74) is 13.4. The molecule has 0 bridgehead atoms. The van der Waals surface area contributed by atoms with E-state index < -0.39 is 0 Å². The first kappa shape index (κ1) is 9.93. The van der Waals surface area contributed by atoms with E-state index in [0.29, 0.717) is 11.5 Å². The molecule has 0 unspecified atom stereocenters. The highest BCUT2D eigenvalue weighted by Crippen LogP contribution is 2.21. The summed E-state index contributed by atoms with van der Waals surface area (Å²) in [5, 5.41) is 8.69. The van der Waals surface area contributed by atoms with Gasteiger partial charge in [0.15, 0.2) is 5.69 Å². The fourth-order valence-electron chi connectivity index (χ4n) is 1.31. The number of anilines is 2. The quantitative estimate of drug-likeness (QED) is 0.737. The summed E-state index contributed by atoms with van der Waals surface area (Å²) in [6, 6.07) is 7.13. The number of nitriles is 1. The SMILES string of the molecule is N#Cc1ncc(-c2ccc(N)nc2)cc1N. The van der Waals surface area contributed by atoms with Gasteiger partial charge in [-0.25, -0.2) is 9.97 Å². The molecule has 78 valence electrons. The number of rotatable bonds is 1. The van der Waals surface area contributed by atoms with Crippen LogP contribution in [0.2, 0.25) is 0 Å². The summed E-state index contributed by atoms with van der Waals surface area (Å²) in [6.07, 6.45) is 3.22. The van der Waals surface area contributed by atoms with Gasteiger partial charge in [-0.15, -0.1) is 0 Å². The minimum atomic E-state index is 0.229. The van der Waals surface area contributed by atoms with E-state index in [0.717, 1.165) is 11.1 Å². The molecule has 0 atom stereocenters. The van der Waals surface area contributed by atoms with Crippen molar-refractivity contribution in [2.75, 3.05) is 11.5 Å². The van der Waals surface area contributed by atoms with Crippen LogP contribution in [0.4, 0.5) is 11.5 Å². The Morgan fingerprint density at radius 1 is 1.06 bits per heavy atom. The minimum Gasteiger partial charge on any atom is -0.396 e. The third kappa shape index (κ3) is 1.77. The Balaban J connectivity index is 2.46. The van der Waals surface area contributed by atoms with Crippen molar-refractivity contribution in [1.82, 2.24) is 9.97 Å². The van der Waals surface area contributed by atoms with Gasteiger partial charge in [-0.2, -0.15) is 5.26 Å². The van der Waals surface area contributed by atoms with Gasteiger partial charge in [-0.1, -0.05) is 0 Å². The molecule has 16 heavy (non-hydrogen) atoms. The van der Waals surface area contributed by atoms with Crippen molar-refractivity contribution in [3.63, 3.8) is 0 Å². The van der Waals surface area contributed by atoms with Gasteiger partial charge in [0.1, 0.15) is 11.9 Å². The summed E-state index contributed by atoms with van der Waals surface area (Å²) in [5.74, 6) is 0.457. The number of aromatic nitrogens is 2. The van der Waals surface area contributed by atoms with Crippen LogP contribution in [0.1, 0.15) is 5.69 Å². The number of hydrogen-bond acceptors (Lipinski definition) is 5. The maximum atomic E-state index is 8.69. The van der Waals surface area contributed by atoms with Gasteiger partial charge >= 0.3 is 0 Å². The van der Waals surface area contributed by atoms with Gasteiger partial charge in [0, 0.05) is 23.5 Å². The Morgan fingerprint density at radius 2 is 1.81 bits per heavy atom. The Hall–Kier alpha value is -2.61. The molecular formula is C11H9N5. The van der Waals surface area contributed by atoms with Crippen molar-refractivity contribution in [2.45, 2.75) is 0 Å². The molecule has 2 rings (SSSR count). The average Bonchev–Trinajstić information content (AvgIpc) is 2.30. The van der Waals surface area contributed by atoms with Gasteiger partial charge < -0.3 is 11.5 Å². The summed E-state index contributed by atoms with van der Waals surface area (Å²) < 4.78 is 0. The monoisotopic (exact) mass is 211 g/mol. The maximum absolute atomic E-state index is 8.69. The average molecular weight is 211 g/mol. The maximum Gasteiger partial charge on any atom is 0.163 e. The Kier molecular flexibility index (Phi) is 2.40. The van der Waals surface area contributed by atoms with Crippen LogP contribution >= 0.6 is 0 Å². The predicted molar refractivity (Wildman–Crippen MR) is 61.0 cm³/mol. The highest BCUT2D eigenvalue weighted by molar-refractivity contribution is 5.68. The number of pyridine rings is 2. The molecule has 2 heterocycles. The standard InChI is InChI=1S/C11H9N5/c12-4-10-9(13)3-8(6-15-10)7-1-2-11(14)16-5-7/h1-3,5-6H,13H2,(H2,14,16). The summed E-state index contributed by atoms with van der Waals surface area (Å²) >= 11 is 0. The van der Waals surface area contributed by atoms with Gasteiger partial charge in [-0.05, 0) is 18.2 Å². The zero-order valence-corrected chi connectivity index (χ0v) is 8.38. The Labute approximate surface area is 92.4 Å². The molecule has 0 saturated heterocycles. The lowest BCUT2D eigenvalue weighted by molar-refractivity contribution is 1.26. The molecule has 2 aromatic rings. The van der Waals surface area contributed by atoms with Crippen LogP contribution in [-0.4, -0.2) is 9.97 Å². The Morgan fingerprint density at radius 3 is 2.38 bits per heavy atom. The van der Waals surface area contributed by atoms with Crippen molar-refractivity contribution >= 4 is 11.5 Å². The van der Waals surface area contributed by atoms with E-state index in [-0.39, 0.29) is 5.69 Å². The van der Waals surface area contributed by atoms with Crippen molar-refractivity contribution in [1.29, 1.82) is 5.26 Å². The number of nitrogens with zero attached hydrogens (tertiary/aromatic N) is 3. The predicted octanol–water partition coefficient (Wildman–Crippen LogP) is 1.18. The molecule has 5 heteroatoms. The molecule has 0 saturated carbocycles. The summed E-state index contributed by atoms with van der Waals surface area (Å²) in [7, 11) is 0. The lowest BCUT2D eigenvalue weighted by atomic mass is 10.1. The molecular weight excluding hydrogens is 202 g/mol. The van der Waals surface area contributed by atoms with E-state index in [9.17, 15) is 0 Å². The van der Waals surface area contributed by atoms with Crippen LogP contribution in [-0.2, 0) is 0 Å². The molecule has 0 radical (unpaired) electrons. The largest absolute Gasteiger partial charge is 0.396 e. The third-order valence-electron chi connectivity index (χ3n) is 2.14. The molecule has 4 N–H and O–H groups in total. The number of nitrogens with two attached hydrogens (primary N) is 2. The molecule has 5 nitrogen and oxygen atoms in total. The second-order valence-corrected chi connectivity index (χ2v) is 3.25. The van der Waals surface area contributed by atoms with E-state index in [1.807, 2.05) is 12.1 Å². The fraction of sp³-hybridized carbons (Fsp3) is 0. The molecule has 0 amide bonds. The van der Waals surface area contributed by atoms with Crippen LogP contribution in [0.3, 0.4) is 0 Å². The second kappa shape index (κ2) is 3.87. The molecule has 0 aliphatic carbocycles. The lowest BCUT2D eigenvalue weighted by Crippen LogP contribution is -1.95. The summed E-state index contributed by atoms with van der Waals surface area (Å²) in [6.45, 7) is 0.